The highest BCUT2D eigenvalue weighted by molar-refractivity contribution is 5.80. The van der Waals surface area contributed by atoms with E-state index in [1.54, 1.807) is 12.1 Å². The van der Waals surface area contributed by atoms with Crippen LogP contribution in [0.4, 0.5) is 0 Å². The molecule has 4 aliphatic rings. The van der Waals surface area contributed by atoms with Crippen molar-refractivity contribution in [2.45, 2.75) is 61.9 Å². The first kappa shape index (κ1) is 21.2. The Hall–Kier alpha value is -2.62. The number of likely N-dealkylation sites (tertiary alicyclic amines) is 1. The molecule has 0 radical (unpaired) electrons. The van der Waals surface area contributed by atoms with Gasteiger partial charge in [0.1, 0.15) is 5.76 Å². The van der Waals surface area contributed by atoms with E-state index in [2.05, 4.69) is 4.90 Å². The molecule has 0 amide bonds. The number of ether oxygens (including phenoxy) is 3. The molecule has 0 saturated carbocycles. The minimum Gasteiger partial charge on any atom is -0.504 e. The van der Waals surface area contributed by atoms with Crippen LogP contribution in [0.1, 0.15) is 37.3 Å². The summed E-state index contributed by atoms with van der Waals surface area (Å²) in [5, 5.41) is 22.6. The lowest BCUT2D eigenvalue weighted by atomic mass is 9.50. The normalized spacial score (nSPS) is 32.9. The molecule has 32 heavy (non-hydrogen) atoms. The van der Waals surface area contributed by atoms with Crippen LogP contribution in [-0.4, -0.2) is 71.0 Å². The van der Waals surface area contributed by atoms with Gasteiger partial charge in [-0.15, -0.1) is 0 Å². The maximum Gasteiger partial charge on any atom is 0.352 e. The monoisotopic (exact) mass is 444 g/mol. The Kier molecular flexibility index (Phi) is 4.77. The van der Waals surface area contributed by atoms with E-state index in [4.69, 9.17) is 19.9 Å². The summed E-state index contributed by atoms with van der Waals surface area (Å²) in [4.78, 5) is 26.6. The molecule has 2 bridgehead atoms. The van der Waals surface area contributed by atoms with Gasteiger partial charge in [0.15, 0.2) is 23.7 Å². The van der Waals surface area contributed by atoms with E-state index in [1.165, 1.54) is 6.92 Å². The third-order valence-electron chi connectivity index (χ3n) is 7.56. The maximum atomic E-state index is 12.7. The van der Waals surface area contributed by atoms with Gasteiger partial charge in [-0.3, -0.25) is 4.79 Å². The number of aromatic hydroxyl groups is 1. The van der Waals surface area contributed by atoms with Crippen LogP contribution in [0.15, 0.2) is 24.0 Å². The van der Waals surface area contributed by atoms with Gasteiger partial charge < -0.3 is 35.1 Å². The van der Waals surface area contributed by atoms with Crippen molar-refractivity contribution in [3.05, 3.63) is 35.1 Å². The van der Waals surface area contributed by atoms with Gasteiger partial charge in [0.05, 0.1) is 17.4 Å². The molecule has 2 aliphatic carbocycles. The minimum absolute atomic E-state index is 0.00186. The summed E-state index contributed by atoms with van der Waals surface area (Å²) in [5.41, 5.74) is 5.23. The number of aliphatic hydroxyl groups is 1. The van der Waals surface area contributed by atoms with Crippen LogP contribution < -0.4 is 10.5 Å². The molecule has 2 aliphatic heterocycles. The zero-order valence-corrected chi connectivity index (χ0v) is 18.2. The van der Waals surface area contributed by atoms with E-state index in [-0.39, 0.29) is 36.9 Å². The zero-order chi connectivity index (χ0) is 22.8. The number of piperidine rings is 1. The van der Waals surface area contributed by atoms with E-state index < -0.39 is 35.2 Å². The maximum absolute atomic E-state index is 12.7. The number of phenols is 1. The molecular formula is C23H28N2O7. The number of carbonyl (C=O) groups is 2. The third-order valence-corrected chi connectivity index (χ3v) is 7.56. The predicted molar refractivity (Wildman–Crippen MR) is 112 cm³/mol. The predicted octanol–water partition coefficient (Wildman–Crippen LogP) is 0.494. The molecule has 5 rings (SSSR count). The summed E-state index contributed by atoms with van der Waals surface area (Å²) in [6, 6.07) is 3.36. The Morgan fingerprint density at radius 3 is 2.94 bits per heavy atom. The molecule has 172 valence electrons. The van der Waals surface area contributed by atoms with Crippen LogP contribution in [0.25, 0.3) is 0 Å². The molecular weight excluding hydrogens is 416 g/mol. The summed E-state index contributed by atoms with van der Waals surface area (Å²) < 4.78 is 17.0. The van der Waals surface area contributed by atoms with Gasteiger partial charge in [0.2, 0.25) is 0 Å². The lowest BCUT2D eigenvalue weighted by Gasteiger charge is -2.61. The van der Waals surface area contributed by atoms with E-state index >= 15 is 0 Å². The lowest BCUT2D eigenvalue weighted by Crippen LogP contribution is -2.74. The van der Waals surface area contributed by atoms with E-state index in [0.717, 1.165) is 17.7 Å². The van der Waals surface area contributed by atoms with Gasteiger partial charge in [-0.1, -0.05) is 6.07 Å². The van der Waals surface area contributed by atoms with Gasteiger partial charge in [-0.05, 0) is 51.1 Å². The van der Waals surface area contributed by atoms with Crippen molar-refractivity contribution < 1.29 is 34.0 Å². The average molecular weight is 444 g/mol. The second-order valence-corrected chi connectivity index (χ2v) is 9.19. The second-order valence-electron chi connectivity index (χ2n) is 9.19. The number of hydrogen-bond acceptors (Lipinski definition) is 9. The van der Waals surface area contributed by atoms with E-state index in [1.807, 2.05) is 13.1 Å². The van der Waals surface area contributed by atoms with Crippen molar-refractivity contribution in [3.63, 3.8) is 0 Å². The van der Waals surface area contributed by atoms with Gasteiger partial charge >= 0.3 is 11.9 Å². The quantitative estimate of drug-likeness (QED) is 0.555. The Morgan fingerprint density at radius 1 is 1.41 bits per heavy atom. The first-order chi connectivity index (χ1) is 15.2. The number of nitrogens with two attached hydrogens (primary N) is 1. The third kappa shape index (κ3) is 2.68. The van der Waals surface area contributed by atoms with Crippen molar-refractivity contribution in [2.24, 2.45) is 5.73 Å². The molecule has 1 fully saturated rings. The number of benzene rings is 1. The van der Waals surface area contributed by atoms with Crippen LogP contribution in [0.2, 0.25) is 0 Å². The standard InChI is InChI=1S/C23H28N2O7/c1-12(30-17(27)6-9-24)21(28)31-15-5-7-23(29)16-11-13-3-4-14(26)19-18(13)22(23,20(15)32-19)8-10-25(16)2/h3-5,12,16,20,26,29H,6-11,24H2,1-2H3/t12-,16+,20?,22?,23+/m0/s1. The van der Waals surface area contributed by atoms with Crippen molar-refractivity contribution in [1.29, 1.82) is 0 Å². The highest BCUT2D eigenvalue weighted by Gasteiger charge is 2.72. The summed E-state index contributed by atoms with van der Waals surface area (Å²) in [6.45, 7) is 2.30. The molecule has 1 aromatic carbocycles. The molecule has 2 heterocycles. The van der Waals surface area contributed by atoms with Gasteiger partial charge in [-0.25, -0.2) is 4.79 Å². The average Bonchev–Trinajstić information content (AvgIpc) is 3.10. The van der Waals surface area contributed by atoms with Crippen LogP contribution in [0.3, 0.4) is 0 Å². The Morgan fingerprint density at radius 2 is 2.19 bits per heavy atom. The van der Waals surface area contributed by atoms with Gasteiger partial charge in [-0.2, -0.15) is 0 Å². The molecule has 4 N–H and O–H groups in total. The fraction of sp³-hybridized carbons (Fsp3) is 0.565. The topological polar surface area (TPSA) is 132 Å². The smallest absolute Gasteiger partial charge is 0.352 e. The number of phenolic OH excluding ortho intramolecular Hbond substituents is 1. The molecule has 9 heteroatoms. The van der Waals surface area contributed by atoms with Crippen molar-refractivity contribution >= 4 is 11.9 Å². The first-order valence-corrected chi connectivity index (χ1v) is 11.0. The number of nitrogens with zero attached hydrogens (tertiary/aromatic N) is 1. The molecule has 5 atom stereocenters. The SMILES string of the molecule is C[C@H](OC(=O)CCN)C(=O)OC1=CC[C@@]2(O)[C@H]3Cc4ccc(O)c5c4C2(CCN3C)C1O5. The molecule has 1 saturated heterocycles. The van der Waals surface area contributed by atoms with E-state index in [9.17, 15) is 19.8 Å². The number of esters is 2. The largest absolute Gasteiger partial charge is 0.504 e. The van der Waals surface area contributed by atoms with Crippen molar-refractivity contribution in [1.82, 2.24) is 4.90 Å². The van der Waals surface area contributed by atoms with Crippen LogP contribution >= 0.6 is 0 Å². The van der Waals surface area contributed by atoms with Crippen LogP contribution in [0.5, 0.6) is 11.5 Å². The van der Waals surface area contributed by atoms with E-state index in [0.29, 0.717) is 18.6 Å². The van der Waals surface area contributed by atoms with Gasteiger partial charge in [0.25, 0.3) is 0 Å². The van der Waals surface area contributed by atoms with Crippen LogP contribution in [0, 0.1) is 0 Å². The molecule has 1 spiro atoms. The summed E-state index contributed by atoms with van der Waals surface area (Å²) in [7, 11) is 2.00. The Labute approximate surface area is 185 Å². The van der Waals surface area contributed by atoms with Crippen LogP contribution in [-0.2, 0) is 30.9 Å². The summed E-state index contributed by atoms with van der Waals surface area (Å²) >= 11 is 0. The number of likely N-dealkylation sites (N-methyl/N-ethyl adjacent to an activating group) is 1. The minimum atomic E-state index is -1.13. The number of hydrogen-bond donors (Lipinski definition) is 3. The Balaban J connectivity index is 1.51. The molecule has 0 aromatic heterocycles. The molecule has 1 aromatic rings. The molecule has 9 nitrogen and oxygen atoms in total. The van der Waals surface area contributed by atoms with Gasteiger partial charge in [0, 0.05) is 24.6 Å². The molecule has 2 unspecified atom stereocenters. The highest BCUT2D eigenvalue weighted by atomic mass is 16.6. The number of rotatable bonds is 5. The fourth-order valence-corrected chi connectivity index (χ4v) is 6.06. The Bertz CT molecular complexity index is 1020. The highest BCUT2D eigenvalue weighted by Crippen LogP contribution is 2.65. The fourth-order valence-electron chi connectivity index (χ4n) is 6.06. The van der Waals surface area contributed by atoms with Crippen molar-refractivity contribution in [2.75, 3.05) is 20.1 Å². The summed E-state index contributed by atoms with van der Waals surface area (Å²) in [6.07, 6.45) is 1.32. The number of carbonyl (C=O) groups excluding carboxylic acids is 2. The second kappa shape index (κ2) is 7.19. The lowest BCUT2D eigenvalue weighted by molar-refractivity contribution is -0.175. The summed E-state index contributed by atoms with van der Waals surface area (Å²) in [5.74, 6) is -0.685. The van der Waals surface area contributed by atoms with Crippen molar-refractivity contribution in [3.8, 4) is 11.5 Å². The zero-order valence-electron chi connectivity index (χ0n) is 18.2. The first-order valence-electron chi connectivity index (χ1n) is 11.0.